The van der Waals surface area contributed by atoms with Gasteiger partial charge < -0.3 is 10.6 Å². The lowest BCUT2D eigenvalue weighted by atomic mass is 9.91. The molecule has 4 aromatic rings. The summed E-state index contributed by atoms with van der Waals surface area (Å²) in [5.74, 6) is -0.616. The number of primary amides is 1. The van der Waals surface area contributed by atoms with Crippen molar-refractivity contribution < 1.29 is 9.59 Å². The van der Waals surface area contributed by atoms with Crippen LogP contribution in [-0.2, 0) is 6.54 Å². The van der Waals surface area contributed by atoms with Gasteiger partial charge in [-0.15, -0.1) is 11.8 Å². The van der Waals surface area contributed by atoms with Crippen molar-refractivity contribution in [3.63, 3.8) is 0 Å². The molecule has 1 aliphatic rings. The summed E-state index contributed by atoms with van der Waals surface area (Å²) in [6.45, 7) is 0.479. The quantitative estimate of drug-likeness (QED) is 0.388. The van der Waals surface area contributed by atoms with Crippen molar-refractivity contribution in [2.45, 2.75) is 11.4 Å². The Morgan fingerprint density at radius 1 is 0.788 bits per heavy atom. The Morgan fingerprint density at radius 3 is 2.15 bits per heavy atom. The zero-order valence-corrected chi connectivity index (χ0v) is 18.9. The molecule has 0 saturated carbocycles. The maximum absolute atomic E-state index is 14.1. The Morgan fingerprint density at radius 2 is 1.42 bits per heavy atom. The van der Waals surface area contributed by atoms with Crippen LogP contribution in [0.3, 0.4) is 0 Å². The summed E-state index contributed by atoms with van der Waals surface area (Å²) in [6.07, 6.45) is 1.90. The second-order valence-corrected chi connectivity index (χ2v) is 8.68. The van der Waals surface area contributed by atoms with Gasteiger partial charge in [-0.25, -0.2) is 0 Å². The van der Waals surface area contributed by atoms with E-state index in [9.17, 15) is 9.59 Å². The highest BCUT2D eigenvalue weighted by Gasteiger charge is 2.30. The molecule has 0 bridgehead atoms. The third kappa shape index (κ3) is 3.60. The average Bonchev–Trinajstić information content (AvgIpc) is 2.87. The first-order valence-corrected chi connectivity index (χ1v) is 11.9. The summed E-state index contributed by atoms with van der Waals surface area (Å²) in [5.41, 5.74) is 12.4. The molecule has 0 atom stereocenters. The monoisotopic (exact) mass is 450 g/mol. The summed E-state index contributed by atoms with van der Waals surface area (Å²) in [6, 6.07) is 29.2. The molecule has 0 spiro atoms. The van der Waals surface area contributed by atoms with Crippen molar-refractivity contribution >= 4 is 29.3 Å². The molecule has 0 fully saturated rings. The van der Waals surface area contributed by atoms with E-state index < -0.39 is 5.91 Å². The summed E-state index contributed by atoms with van der Waals surface area (Å²) in [4.78, 5) is 28.8. The van der Waals surface area contributed by atoms with Crippen LogP contribution in [-0.4, -0.2) is 18.1 Å². The molecule has 0 saturated heterocycles. The van der Waals surface area contributed by atoms with Gasteiger partial charge in [-0.05, 0) is 41.1 Å². The number of nitrogens with zero attached hydrogens (tertiary/aromatic N) is 1. The first-order valence-electron chi connectivity index (χ1n) is 10.7. The highest BCUT2D eigenvalue weighted by molar-refractivity contribution is 7.98. The van der Waals surface area contributed by atoms with E-state index in [1.165, 1.54) is 11.8 Å². The predicted octanol–water partition coefficient (Wildman–Crippen LogP) is 6.00. The van der Waals surface area contributed by atoms with E-state index in [-0.39, 0.29) is 5.91 Å². The number of nitrogens with two attached hydrogens (primary N) is 1. The SMILES string of the molecule is CSc1c(C(N)=O)ccc(C(=O)N2Cc3ccccc3-c3ccccc32)c1-c1ccccc1. The molecule has 2 amide bonds. The standard InChI is InChI=1S/C28H22N2O2S/c1-33-26-23(27(29)31)16-15-22(25(26)18-9-3-2-4-10-18)28(32)30-17-19-11-5-6-12-20(19)21-13-7-8-14-24(21)30/h2-16H,17H2,1H3,(H2,29,31). The van der Waals surface area contributed by atoms with Crippen LogP contribution in [0.25, 0.3) is 22.3 Å². The smallest absolute Gasteiger partial charge is 0.259 e. The number of fused-ring (bicyclic) bond motifs is 3. The minimum atomic E-state index is -0.507. The van der Waals surface area contributed by atoms with Crippen molar-refractivity contribution in [1.29, 1.82) is 0 Å². The van der Waals surface area contributed by atoms with Crippen molar-refractivity contribution in [3.8, 4) is 22.3 Å². The maximum atomic E-state index is 14.1. The van der Waals surface area contributed by atoms with Gasteiger partial charge in [0.2, 0.25) is 5.91 Å². The van der Waals surface area contributed by atoms with Gasteiger partial charge in [-0.3, -0.25) is 9.59 Å². The summed E-state index contributed by atoms with van der Waals surface area (Å²) >= 11 is 1.43. The average molecular weight is 451 g/mol. The van der Waals surface area contributed by atoms with E-state index in [4.69, 9.17) is 5.73 Å². The van der Waals surface area contributed by atoms with Gasteiger partial charge in [0, 0.05) is 21.6 Å². The maximum Gasteiger partial charge on any atom is 0.259 e. The number of thioether (sulfide) groups is 1. The molecule has 5 heteroatoms. The van der Waals surface area contributed by atoms with Crippen LogP contribution in [0.2, 0.25) is 0 Å². The van der Waals surface area contributed by atoms with Crippen LogP contribution in [0.1, 0.15) is 26.3 Å². The normalized spacial score (nSPS) is 12.1. The number of anilines is 1. The molecule has 5 rings (SSSR count). The molecule has 4 nitrogen and oxygen atoms in total. The third-order valence-corrected chi connectivity index (χ3v) is 6.83. The number of hydrogen-bond acceptors (Lipinski definition) is 3. The van der Waals surface area contributed by atoms with Crippen LogP contribution in [0.5, 0.6) is 0 Å². The highest BCUT2D eigenvalue weighted by atomic mass is 32.2. The molecule has 4 aromatic carbocycles. The Hall–Kier alpha value is -3.83. The van der Waals surface area contributed by atoms with Gasteiger partial charge in [0.1, 0.15) is 0 Å². The molecule has 2 N–H and O–H groups in total. The van der Waals surface area contributed by atoms with Crippen LogP contribution in [0.4, 0.5) is 5.69 Å². The number of amides is 2. The van der Waals surface area contributed by atoms with E-state index in [0.29, 0.717) is 22.6 Å². The largest absolute Gasteiger partial charge is 0.366 e. The van der Waals surface area contributed by atoms with Gasteiger partial charge in [0.05, 0.1) is 17.8 Å². The Bertz CT molecular complexity index is 1380. The van der Waals surface area contributed by atoms with Crippen molar-refractivity contribution in [3.05, 3.63) is 108 Å². The topological polar surface area (TPSA) is 63.4 Å². The summed E-state index contributed by atoms with van der Waals surface area (Å²) in [7, 11) is 0. The molecule has 0 unspecified atom stereocenters. The lowest BCUT2D eigenvalue weighted by molar-refractivity contribution is 0.0978. The lowest BCUT2D eigenvalue weighted by Gasteiger charge is -2.32. The zero-order valence-electron chi connectivity index (χ0n) is 18.1. The molecule has 0 aromatic heterocycles. The van der Waals surface area contributed by atoms with Crippen LogP contribution in [0, 0.1) is 0 Å². The van der Waals surface area contributed by atoms with E-state index in [0.717, 1.165) is 33.5 Å². The van der Waals surface area contributed by atoms with E-state index in [2.05, 4.69) is 18.2 Å². The summed E-state index contributed by atoms with van der Waals surface area (Å²) in [5, 5.41) is 0. The van der Waals surface area contributed by atoms with E-state index in [1.54, 1.807) is 12.1 Å². The fourth-order valence-corrected chi connectivity index (χ4v) is 5.32. The third-order valence-electron chi connectivity index (χ3n) is 6.00. The van der Waals surface area contributed by atoms with Gasteiger partial charge in [0.15, 0.2) is 0 Å². The second-order valence-electron chi connectivity index (χ2n) is 7.86. The number of carbonyl (C=O) groups is 2. The van der Waals surface area contributed by atoms with E-state index in [1.807, 2.05) is 71.8 Å². The number of benzene rings is 4. The molecule has 1 heterocycles. The minimum Gasteiger partial charge on any atom is -0.366 e. The van der Waals surface area contributed by atoms with Crippen molar-refractivity contribution in [1.82, 2.24) is 0 Å². The van der Waals surface area contributed by atoms with Crippen LogP contribution in [0.15, 0.2) is 95.9 Å². The molecule has 162 valence electrons. The fraction of sp³-hybridized carbons (Fsp3) is 0.0714. The Labute approximate surface area is 197 Å². The van der Waals surface area contributed by atoms with Gasteiger partial charge in [0.25, 0.3) is 5.91 Å². The molecule has 33 heavy (non-hydrogen) atoms. The highest BCUT2D eigenvalue weighted by Crippen LogP contribution is 2.42. The molecular weight excluding hydrogens is 428 g/mol. The number of para-hydroxylation sites is 1. The fourth-order valence-electron chi connectivity index (χ4n) is 4.50. The molecular formula is C28H22N2O2S. The van der Waals surface area contributed by atoms with Crippen LogP contribution >= 0.6 is 11.8 Å². The van der Waals surface area contributed by atoms with Crippen molar-refractivity contribution in [2.75, 3.05) is 11.2 Å². The zero-order chi connectivity index (χ0) is 22.9. The Kier molecular flexibility index (Phi) is 5.48. The van der Waals surface area contributed by atoms with Gasteiger partial charge >= 0.3 is 0 Å². The summed E-state index contributed by atoms with van der Waals surface area (Å²) < 4.78 is 0. The second kappa shape index (κ2) is 8.60. The molecule has 0 aliphatic carbocycles. The number of hydrogen-bond donors (Lipinski definition) is 1. The molecule has 1 aliphatic heterocycles. The molecule has 0 radical (unpaired) electrons. The van der Waals surface area contributed by atoms with Crippen LogP contribution < -0.4 is 10.6 Å². The predicted molar refractivity (Wildman–Crippen MR) is 135 cm³/mol. The number of carbonyl (C=O) groups excluding carboxylic acids is 2. The van der Waals surface area contributed by atoms with Gasteiger partial charge in [-0.1, -0.05) is 72.8 Å². The van der Waals surface area contributed by atoms with Crippen molar-refractivity contribution in [2.24, 2.45) is 5.73 Å². The minimum absolute atomic E-state index is 0.109. The van der Waals surface area contributed by atoms with Gasteiger partial charge in [-0.2, -0.15) is 0 Å². The lowest BCUT2D eigenvalue weighted by Crippen LogP contribution is -2.33. The Balaban J connectivity index is 1.71. The van der Waals surface area contributed by atoms with E-state index >= 15 is 0 Å². The first kappa shape index (κ1) is 21.0. The number of rotatable bonds is 4. The first-order chi connectivity index (χ1) is 16.1.